The lowest BCUT2D eigenvalue weighted by atomic mass is 10.1. The van der Waals surface area contributed by atoms with Gasteiger partial charge in [-0.1, -0.05) is 60.7 Å². The van der Waals surface area contributed by atoms with Gasteiger partial charge in [0.15, 0.2) is 0 Å². The summed E-state index contributed by atoms with van der Waals surface area (Å²) in [4.78, 5) is 24.6. The van der Waals surface area contributed by atoms with Crippen molar-refractivity contribution in [1.82, 2.24) is 9.97 Å². The summed E-state index contributed by atoms with van der Waals surface area (Å²) in [5.74, 6) is 1.47. The van der Waals surface area contributed by atoms with Crippen molar-refractivity contribution in [3.63, 3.8) is 0 Å². The molecule has 2 aromatic carbocycles. The summed E-state index contributed by atoms with van der Waals surface area (Å²) >= 11 is 1.54. The third kappa shape index (κ3) is 5.59. The highest BCUT2D eigenvalue weighted by molar-refractivity contribution is 7.98. The molecule has 166 valence electrons. The van der Waals surface area contributed by atoms with Gasteiger partial charge in [0.25, 0.3) is 0 Å². The monoisotopic (exact) mass is 448 g/mol. The number of ether oxygens (including phenoxy) is 1. The number of carbonyl (C=O) groups is 1. The predicted octanol–water partition coefficient (Wildman–Crippen LogP) is 5.16. The zero-order chi connectivity index (χ0) is 22.2. The van der Waals surface area contributed by atoms with Crippen LogP contribution in [0.5, 0.6) is 0 Å². The normalized spacial score (nSPS) is 13.6. The first-order valence-electron chi connectivity index (χ1n) is 10.9. The van der Waals surface area contributed by atoms with E-state index >= 15 is 0 Å². The fraction of sp³-hybridized carbons (Fsp3) is 0.320. The molecular weight excluding hydrogens is 420 g/mol. The molecule has 1 aliphatic rings. The van der Waals surface area contributed by atoms with E-state index in [1.54, 1.807) is 0 Å². The highest BCUT2D eigenvalue weighted by atomic mass is 32.2. The van der Waals surface area contributed by atoms with Crippen molar-refractivity contribution in [2.45, 2.75) is 36.6 Å². The van der Waals surface area contributed by atoms with Crippen LogP contribution in [-0.4, -0.2) is 36.1 Å². The van der Waals surface area contributed by atoms with Gasteiger partial charge in [-0.15, -0.1) is 11.8 Å². The maximum absolute atomic E-state index is 12.8. The van der Waals surface area contributed by atoms with E-state index in [4.69, 9.17) is 14.7 Å². The summed E-state index contributed by atoms with van der Waals surface area (Å²) in [5.41, 5.74) is 2.68. The van der Waals surface area contributed by atoms with Crippen molar-refractivity contribution in [1.29, 1.82) is 0 Å². The Morgan fingerprint density at radius 3 is 2.28 bits per heavy atom. The number of hydrogen-bond donors (Lipinski definition) is 1. The molecule has 0 saturated carbocycles. The second kappa shape index (κ2) is 11.0. The number of aromatic nitrogens is 2. The van der Waals surface area contributed by atoms with Gasteiger partial charge in [-0.25, -0.2) is 9.78 Å². The molecule has 0 atom stereocenters. The summed E-state index contributed by atoms with van der Waals surface area (Å²) in [5, 5.41) is 4.02. The van der Waals surface area contributed by atoms with Gasteiger partial charge in [0.1, 0.15) is 16.4 Å². The van der Waals surface area contributed by atoms with Crippen molar-refractivity contribution in [2.75, 3.05) is 30.4 Å². The average molecular weight is 449 g/mol. The molecule has 1 N–H and O–H groups in total. The standard InChI is InChI=1S/C25H28N4O2S/c1-31-24(30)21-22(26-17-19-11-5-2-6-12-19)27-25(29-15-9-4-10-16-29)28-23(21)32-18-20-13-7-3-8-14-20/h2-3,5-8,11-14H,4,9-10,15-18H2,1H3,(H,26,27,28). The Kier molecular flexibility index (Phi) is 7.61. The number of nitrogens with one attached hydrogen (secondary N) is 1. The number of piperidine rings is 1. The predicted molar refractivity (Wildman–Crippen MR) is 129 cm³/mol. The third-order valence-corrected chi connectivity index (χ3v) is 6.46. The molecule has 0 amide bonds. The fourth-order valence-corrected chi connectivity index (χ4v) is 4.66. The number of anilines is 2. The first-order chi connectivity index (χ1) is 15.7. The van der Waals surface area contributed by atoms with Crippen LogP contribution in [0, 0.1) is 0 Å². The Balaban J connectivity index is 1.69. The molecule has 0 spiro atoms. The van der Waals surface area contributed by atoms with Crippen LogP contribution >= 0.6 is 11.8 Å². The van der Waals surface area contributed by atoms with E-state index in [1.165, 1.54) is 30.9 Å². The van der Waals surface area contributed by atoms with Gasteiger partial charge in [-0.3, -0.25) is 0 Å². The molecule has 0 aliphatic carbocycles. The maximum atomic E-state index is 12.8. The Labute approximate surface area is 193 Å². The topological polar surface area (TPSA) is 67.3 Å². The highest BCUT2D eigenvalue weighted by Gasteiger charge is 2.25. The van der Waals surface area contributed by atoms with Gasteiger partial charge in [-0.05, 0) is 30.4 Å². The van der Waals surface area contributed by atoms with Gasteiger partial charge >= 0.3 is 5.97 Å². The summed E-state index contributed by atoms with van der Waals surface area (Å²) in [6.45, 7) is 2.42. The van der Waals surface area contributed by atoms with Gasteiger partial charge in [0.05, 0.1) is 7.11 Å². The molecule has 3 aromatic rings. The summed E-state index contributed by atoms with van der Waals surface area (Å²) < 4.78 is 5.12. The zero-order valence-electron chi connectivity index (χ0n) is 18.3. The molecule has 0 radical (unpaired) electrons. The number of thioether (sulfide) groups is 1. The van der Waals surface area contributed by atoms with Gasteiger partial charge in [0.2, 0.25) is 5.95 Å². The lowest BCUT2D eigenvalue weighted by molar-refractivity contribution is 0.0596. The molecule has 1 saturated heterocycles. The molecule has 4 rings (SSSR count). The molecule has 32 heavy (non-hydrogen) atoms. The minimum Gasteiger partial charge on any atom is -0.465 e. The number of carbonyl (C=O) groups excluding carboxylic acids is 1. The van der Waals surface area contributed by atoms with Crippen molar-refractivity contribution in [3.05, 3.63) is 77.4 Å². The first-order valence-corrected chi connectivity index (χ1v) is 11.9. The van der Waals surface area contributed by atoms with E-state index in [2.05, 4.69) is 22.3 Å². The Morgan fingerprint density at radius 2 is 1.62 bits per heavy atom. The van der Waals surface area contributed by atoms with Crippen LogP contribution in [0.15, 0.2) is 65.7 Å². The van der Waals surface area contributed by atoms with Crippen LogP contribution in [0.3, 0.4) is 0 Å². The minimum atomic E-state index is -0.429. The Bertz CT molecular complexity index is 960. The number of esters is 1. The molecule has 7 heteroatoms. The number of hydrogen-bond acceptors (Lipinski definition) is 7. The second-order valence-corrected chi connectivity index (χ2v) is 8.67. The fourth-order valence-electron chi connectivity index (χ4n) is 3.69. The number of nitrogens with zero attached hydrogens (tertiary/aromatic N) is 3. The zero-order valence-corrected chi connectivity index (χ0v) is 19.1. The van der Waals surface area contributed by atoms with Crippen LogP contribution in [0.4, 0.5) is 11.8 Å². The second-order valence-electron chi connectivity index (χ2n) is 7.71. The lowest BCUT2D eigenvalue weighted by Crippen LogP contribution is -2.31. The summed E-state index contributed by atoms with van der Waals surface area (Å²) in [6.07, 6.45) is 3.48. The van der Waals surface area contributed by atoms with Gasteiger partial charge in [0, 0.05) is 25.4 Å². The number of rotatable bonds is 8. The molecule has 1 aliphatic heterocycles. The van der Waals surface area contributed by atoms with Crippen molar-refractivity contribution < 1.29 is 9.53 Å². The molecule has 6 nitrogen and oxygen atoms in total. The molecule has 0 bridgehead atoms. The third-order valence-electron chi connectivity index (χ3n) is 5.41. The SMILES string of the molecule is COC(=O)c1c(NCc2ccccc2)nc(N2CCCCC2)nc1SCc1ccccc1. The smallest absolute Gasteiger partial charge is 0.344 e. The quantitative estimate of drug-likeness (QED) is 0.290. The molecule has 1 fully saturated rings. The van der Waals surface area contributed by atoms with Gasteiger partial charge in [-0.2, -0.15) is 4.98 Å². The summed E-state index contributed by atoms with van der Waals surface area (Å²) in [6, 6.07) is 20.3. The maximum Gasteiger partial charge on any atom is 0.344 e. The number of benzene rings is 2. The van der Waals surface area contributed by atoms with Gasteiger partial charge < -0.3 is 15.0 Å². The van der Waals surface area contributed by atoms with Crippen molar-refractivity contribution in [2.24, 2.45) is 0 Å². The van der Waals surface area contributed by atoms with Crippen molar-refractivity contribution in [3.8, 4) is 0 Å². The van der Waals surface area contributed by atoms with E-state index in [-0.39, 0.29) is 0 Å². The molecular formula is C25H28N4O2S. The van der Waals surface area contributed by atoms with Crippen molar-refractivity contribution >= 4 is 29.5 Å². The Hall–Kier alpha value is -3.06. The van der Waals surface area contributed by atoms with Crippen LogP contribution in [0.1, 0.15) is 40.7 Å². The Morgan fingerprint density at radius 1 is 0.969 bits per heavy atom. The van der Waals surface area contributed by atoms with Crippen LogP contribution in [0.25, 0.3) is 0 Å². The highest BCUT2D eigenvalue weighted by Crippen LogP contribution is 2.32. The first kappa shape index (κ1) is 22.1. The van der Waals surface area contributed by atoms with E-state index < -0.39 is 5.97 Å². The van der Waals surface area contributed by atoms with E-state index in [1.807, 2.05) is 48.5 Å². The molecule has 1 aromatic heterocycles. The van der Waals surface area contributed by atoms with E-state index in [9.17, 15) is 4.79 Å². The van der Waals surface area contributed by atoms with E-state index in [0.717, 1.165) is 31.5 Å². The van der Waals surface area contributed by atoms with E-state index in [0.29, 0.717) is 34.7 Å². The molecule has 2 heterocycles. The number of methoxy groups -OCH3 is 1. The van der Waals surface area contributed by atoms with Crippen LogP contribution in [-0.2, 0) is 17.0 Å². The summed E-state index contributed by atoms with van der Waals surface area (Å²) in [7, 11) is 1.40. The van der Waals surface area contributed by atoms with Crippen LogP contribution < -0.4 is 10.2 Å². The van der Waals surface area contributed by atoms with Crippen LogP contribution in [0.2, 0.25) is 0 Å². The minimum absolute atomic E-state index is 0.394. The lowest BCUT2D eigenvalue weighted by Gasteiger charge is -2.28. The average Bonchev–Trinajstić information content (AvgIpc) is 2.87. The molecule has 0 unspecified atom stereocenters. The largest absolute Gasteiger partial charge is 0.465 e.